The first kappa shape index (κ1) is 31.4. The van der Waals surface area contributed by atoms with Crippen LogP contribution in [0, 0.1) is 24.0 Å². The normalized spacial score (nSPS) is 26.3. The van der Waals surface area contributed by atoms with Crippen molar-refractivity contribution in [1.29, 1.82) is 0 Å². The summed E-state index contributed by atoms with van der Waals surface area (Å²) in [4.78, 5) is 0. The first-order valence-electron chi connectivity index (χ1n) is 12.4. The molecule has 0 aromatic rings. The molecular formula is C28H42Cl2Zr. The largest absolute Gasteiger partial charge is 4.00 e. The van der Waals surface area contributed by atoms with Crippen molar-refractivity contribution >= 4 is 0 Å². The van der Waals surface area contributed by atoms with Crippen LogP contribution in [0.4, 0.5) is 0 Å². The predicted octanol–water partition coefficient (Wildman–Crippen LogP) is 2.86. The van der Waals surface area contributed by atoms with Crippen LogP contribution in [-0.4, -0.2) is 0 Å². The summed E-state index contributed by atoms with van der Waals surface area (Å²) in [5.74, 6) is 1.23. The fraction of sp³-hybridized carbons (Fsp3) is 0.714. The number of halogens is 2. The van der Waals surface area contributed by atoms with E-state index in [4.69, 9.17) is 0 Å². The molecule has 0 spiro atoms. The van der Waals surface area contributed by atoms with E-state index in [0.29, 0.717) is 11.8 Å². The van der Waals surface area contributed by atoms with Crippen LogP contribution in [0.15, 0.2) is 34.4 Å². The third kappa shape index (κ3) is 10.5. The van der Waals surface area contributed by atoms with Crippen molar-refractivity contribution in [2.24, 2.45) is 11.8 Å². The number of rotatable bonds is 0. The zero-order chi connectivity index (χ0) is 19.6. The van der Waals surface area contributed by atoms with Gasteiger partial charge in [0.1, 0.15) is 0 Å². The maximum absolute atomic E-state index is 3.46. The van der Waals surface area contributed by atoms with E-state index in [2.05, 4.69) is 38.2 Å². The third-order valence-electron chi connectivity index (χ3n) is 7.17. The van der Waals surface area contributed by atoms with Gasteiger partial charge in [-0.05, 0) is 12.8 Å². The van der Waals surface area contributed by atoms with Crippen LogP contribution >= 0.6 is 0 Å². The minimum Gasteiger partial charge on any atom is -1.00 e. The molecule has 0 saturated heterocycles. The molecule has 0 bridgehead atoms. The van der Waals surface area contributed by atoms with Crippen LogP contribution in [0.3, 0.4) is 0 Å². The number of hydrogen-bond donors (Lipinski definition) is 0. The standard InChI is InChI=1S/2C14H21.2ClH.Zr/c2*1-12-10-11-13-8-6-4-2-3-5-7-9-14(12)13;;;/h2*11-12H,2-9H2,1H3;2*1H;/q2*-1;;;+4/p-2. The molecule has 0 radical (unpaired) electrons. The van der Waals surface area contributed by atoms with Crippen molar-refractivity contribution < 1.29 is 51.0 Å². The van der Waals surface area contributed by atoms with Crippen LogP contribution in [-0.2, 0) is 26.2 Å². The Morgan fingerprint density at radius 2 is 0.806 bits per heavy atom. The van der Waals surface area contributed by atoms with Gasteiger partial charge in [-0.3, -0.25) is 12.2 Å². The average molecular weight is 541 g/mol. The maximum Gasteiger partial charge on any atom is 4.00 e. The van der Waals surface area contributed by atoms with Gasteiger partial charge < -0.3 is 24.8 Å². The molecule has 0 fully saturated rings. The Kier molecular flexibility index (Phi) is 18.1. The summed E-state index contributed by atoms with van der Waals surface area (Å²) in [6, 6.07) is 0. The Hall–Kier alpha value is 0.423. The van der Waals surface area contributed by atoms with Gasteiger partial charge in [-0.15, -0.1) is 0 Å². The summed E-state index contributed by atoms with van der Waals surface area (Å²) in [7, 11) is 0. The fourth-order valence-electron chi connectivity index (χ4n) is 5.29. The SMILES string of the molecule is CC1[C-]=CC2=C1CCCCCCCC2.CC1[C-]=CC2=C1CCCCCCCC2.[Cl-].[Cl-].[Zr+4]. The summed E-state index contributed by atoms with van der Waals surface area (Å²) < 4.78 is 0. The van der Waals surface area contributed by atoms with Gasteiger partial charge in [-0.2, -0.15) is 22.3 Å². The minimum absolute atomic E-state index is 0. The second kappa shape index (κ2) is 17.8. The smallest absolute Gasteiger partial charge is 1.00 e. The molecule has 2 atom stereocenters. The van der Waals surface area contributed by atoms with Crippen LogP contribution in [0.5, 0.6) is 0 Å². The second-order valence-corrected chi connectivity index (χ2v) is 9.41. The van der Waals surface area contributed by atoms with Crippen molar-refractivity contribution in [3.63, 3.8) is 0 Å². The van der Waals surface area contributed by atoms with Crippen molar-refractivity contribution in [2.75, 3.05) is 0 Å². The zero-order valence-electron chi connectivity index (χ0n) is 19.9. The number of hydrogen-bond acceptors (Lipinski definition) is 0. The van der Waals surface area contributed by atoms with Crippen LogP contribution in [0.25, 0.3) is 0 Å². The van der Waals surface area contributed by atoms with Crippen molar-refractivity contribution in [1.82, 2.24) is 0 Å². The van der Waals surface area contributed by atoms with E-state index in [-0.39, 0.29) is 51.0 Å². The number of allylic oxidation sites excluding steroid dienone is 8. The fourth-order valence-corrected chi connectivity index (χ4v) is 5.29. The van der Waals surface area contributed by atoms with E-state index in [1.54, 1.807) is 22.3 Å². The van der Waals surface area contributed by atoms with Gasteiger partial charge in [0.2, 0.25) is 0 Å². The quantitative estimate of drug-likeness (QED) is 0.415. The van der Waals surface area contributed by atoms with Gasteiger partial charge >= 0.3 is 26.2 Å². The molecule has 0 aromatic carbocycles. The summed E-state index contributed by atoms with van der Waals surface area (Å²) in [6.45, 7) is 4.59. The van der Waals surface area contributed by atoms with Gasteiger partial charge in [0.15, 0.2) is 0 Å². The predicted molar refractivity (Wildman–Crippen MR) is 122 cm³/mol. The molecular weight excluding hydrogens is 498 g/mol. The third-order valence-corrected chi connectivity index (χ3v) is 7.17. The monoisotopic (exact) mass is 538 g/mol. The molecule has 0 saturated carbocycles. The Morgan fingerprint density at radius 3 is 1.16 bits per heavy atom. The topological polar surface area (TPSA) is 0 Å². The van der Waals surface area contributed by atoms with Gasteiger partial charge in [0.05, 0.1) is 0 Å². The van der Waals surface area contributed by atoms with Gasteiger partial charge in [-0.1, -0.05) is 116 Å². The summed E-state index contributed by atoms with van der Waals surface area (Å²) >= 11 is 0. The molecule has 0 aliphatic heterocycles. The first-order chi connectivity index (χ1) is 13.8. The van der Waals surface area contributed by atoms with E-state index >= 15 is 0 Å². The Morgan fingerprint density at radius 1 is 0.516 bits per heavy atom. The molecule has 4 aliphatic carbocycles. The molecule has 0 nitrogen and oxygen atoms in total. The molecule has 0 N–H and O–H groups in total. The molecule has 3 heteroatoms. The van der Waals surface area contributed by atoms with E-state index in [0.717, 1.165) is 0 Å². The van der Waals surface area contributed by atoms with E-state index in [1.165, 1.54) is 103 Å². The van der Waals surface area contributed by atoms with Crippen molar-refractivity contribution in [3.8, 4) is 0 Å². The van der Waals surface area contributed by atoms with Crippen LogP contribution in [0.1, 0.15) is 117 Å². The van der Waals surface area contributed by atoms with E-state index < -0.39 is 0 Å². The molecule has 4 rings (SSSR count). The van der Waals surface area contributed by atoms with Crippen molar-refractivity contribution in [2.45, 2.75) is 117 Å². The summed E-state index contributed by atoms with van der Waals surface area (Å²) in [5, 5.41) is 0. The van der Waals surface area contributed by atoms with Crippen LogP contribution < -0.4 is 24.8 Å². The summed E-state index contributed by atoms with van der Waals surface area (Å²) in [5.41, 5.74) is 6.65. The van der Waals surface area contributed by atoms with Crippen LogP contribution in [0.2, 0.25) is 0 Å². The Balaban J connectivity index is 0.000000529. The molecule has 31 heavy (non-hydrogen) atoms. The zero-order valence-corrected chi connectivity index (χ0v) is 23.8. The molecule has 0 aromatic heterocycles. The summed E-state index contributed by atoms with van der Waals surface area (Å²) in [6.07, 6.45) is 33.9. The first-order valence-corrected chi connectivity index (χ1v) is 12.4. The molecule has 4 aliphatic rings. The van der Waals surface area contributed by atoms with Gasteiger partial charge in [-0.25, -0.2) is 12.2 Å². The maximum atomic E-state index is 3.46. The van der Waals surface area contributed by atoms with Gasteiger partial charge in [0.25, 0.3) is 0 Å². The Bertz CT molecular complexity index is 561. The van der Waals surface area contributed by atoms with E-state index in [1.807, 2.05) is 0 Å². The second-order valence-electron chi connectivity index (χ2n) is 9.41. The van der Waals surface area contributed by atoms with Crippen molar-refractivity contribution in [3.05, 3.63) is 46.6 Å². The molecule has 0 amide bonds. The molecule has 2 unspecified atom stereocenters. The van der Waals surface area contributed by atoms with Gasteiger partial charge in [0, 0.05) is 0 Å². The molecule has 0 heterocycles. The van der Waals surface area contributed by atoms with E-state index in [9.17, 15) is 0 Å². The average Bonchev–Trinajstić information content (AvgIpc) is 3.25. The Labute approximate surface area is 224 Å². The minimum atomic E-state index is 0. The molecule has 172 valence electrons.